The van der Waals surface area contributed by atoms with E-state index < -0.39 is 0 Å². The first-order chi connectivity index (χ1) is 7.70. The molecule has 3 heteroatoms. The van der Waals surface area contributed by atoms with E-state index in [1.54, 1.807) is 0 Å². The number of nitriles is 1. The standard InChI is InChI=1S/C13H13N3/c1-9-3-4-12(7-11(9)8-14)16-13-5-6-15-10(13)2/h3-7,15-16H,1-2H3. The summed E-state index contributed by atoms with van der Waals surface area (Å²) >= 11 is 0. The van der Waals surface area contributed by atoms with E-state index >= 15 is 0 Å². The van der Waals surface area contributed by atoms with Gasteiger partial charge in [-0.05, 0) is 37.6 Å². The number of rotatable bonds is 2. The summed E-state index contributed by atoms with van der Waals surface area (Å²) in [6.07, 6.45) is 1.89. The Labute approximate surface area is 94.7 Å². The van der Waals surface area contributed by atoms with Crippen molar-refractivity contribution in [1.82, 2.24) is 4.98 Å². The molecule has 0 radical (unpaired) electrons. The highest BCUT2D eigenvalue weighted by atomic mass is 14.9. The van der Waals surface area contributed by atoms with Gasteiger partial charge in [0.25, 0.3) is 0 Å². The van der Waals surface area contributed by atoms with E-state index in [4.69, 9.17) is 5.26 Å². The molecule has 0 aliphatic carbocycles. The lowest BCUT2D eigenvalue weighted by Gasteiger charge is -2.07. The number of benzene rings is 1. The minimum absolute atomic E-state index is 0.707. The van der Waals surface area contributed by atoms with Crippen LogP contribution in [0.3, 0.4) is 0 Å². The monoisotopic (exact) mass is 211 g/mol. The minimum atomic E-state index is 0.707. The first-order valence-corrected chi connectivity index (χ1v) is 5.12. The van der Waals surface area contributed by atoms with Crippen LogP contribution in [0, 0.1) is 25.2 Å². The quantitative estimate of drug-likeness (QED) is 0.801. The zero-order valence-electron chi connectivity index (χ0n) is 9.33. The maximum Gasteiger partial charge on any atom is 0.0995 e. The fourth-order valence-corrected chi connectivity index (χ4v) is 1.56. The number of anilines is 2. The van der Waals surface area contributed by atoms with Gasteiger partial charge >= 0.3 is 0 Å². The number of hydrogen-bond donors (Lipinski definition) is 2. The number of aryl methyl sites for hydroxylation is 2. The third-order valence-electron chi connectivity index (χ3n) is 2.59. The van der Waals surface area contributed by atoms with E-state index in [1.807, 2.05) is 44.3 Å². The van der Waals surface area contributed by atoms with Crippen LogP contribution in [0.4, 0.5) is 11.4 Å². The van der Waals surface area contributed by atoms with Crippen molar-refractivity contribution in [1.29, 1.82) is 5.26 Å². The second-order valence-corrected chi connectivity index (χ2v) is 3.78. The van der Waals surface area contributed by atoms with Crippen molar-refractivity contribution in [3.05, 3.63) is 47.3 Å². The fourth-order valence-electron chi connectivity index (χ4n) is 1.56. The molecule has 0 spiro atoms. The van der Waals surface area contributed by atoms with Crippen LogP contribution >= 0.6 is 0 Å². The molecule has 0 aliphatic rings. The Hall–Kier alpha value is -2.21. The van der Waals surface area contributed by atoms with E-state index in [9.17, 15) is 0 Å². The Bertz CT molecular complexity index is 547. The van der Waals surface area contributed by atoms with Crippen LogP contribution in [0.2, 0.25) is 0 Å². The number of H-pyrrole nitrogens is 1. The van der Waals surface area contributed by atoms with Crippen molar-refractivity contribution in [3.63, 3.8) is 0 Å². The average molecular weight is 211 g/mol. The fraction of sp³-hybridized carbons (Fsp3) is 0.154. The van der Waals surface area contributed by atoms with Gasteiger partial charge in [0.05, 0.1) is 17.3 Å². The highest BCUT2D eigenvalue weighted by Crippen LogP contribution is 2.21. The maximum atomic E-state index is 8.94. The van der Waals surface area contributed by atoms with Crippen LogP contribution in [-0.4, -0.2) is 4.98 Å². The van der Waals surface area contributed by atoms with Crippen molar-refractivity contribution in [2.75, 3.05) is 5.32 Å². The van der Waals surface area contributed by atoms with E-state index in [0.29, 0.717) is 5.56 Å². The lowest BCUT2D eigenvalue weighted by atomic mass is 10.1. The molecule has 2 N–H and O–H groups in total. The molecule has 0 saturated heterocycles. The zero-order chi connectivity index (χ0) is 11.5. The molecular weight excluding hydrogens is 198 g/mol. The summed E-state index contributed by atoms with van der Waals surface area (Å²) in [7, 11) is 0. The van der Waals surface area contributed by atoms with Gasteiger partial charge < -0.3 is 10.3 Å². The van der Waals surface area contributed by atoms with Crippen molar-refractivity contribution in [2.45, 2.75) is 13.8 Å². The van der Waals surface area contributed by atoms with Gasteiger partial charge in [-0.25, -0.2) is 0 Å². The molecule has 16 heavy (non-hydrogen) atoms. The van der Waals surface area contributed by atoms with Crippen LogP contribution in [-0.2, 0) is 0 Å². The molecule has 0 unspecified atom stereocenters. The smallest absolute Gasteiger partial charge is 0.0995 e. The number of aromatic nitrogens is 1. The molecule has 0 bridgehead atoms. The molecule has 0 fully saturated rings. The van der Waals surface area contributed by atoms with Gasteiger partial charge in [-0.1, -0.05) is 6.07 Å². The van der Waals surface area contributed by atoms with Crippen molar-refractivity contribution in [3.8, 4) is 6.07 Å². The summed E-state index contributed by atoms with van der Waals surface area (Å²) in [4.78, 5) is 3.10. The van der Waals surface area contributed by atoms with Crippen LogP contribution < -0.4 is 5.32 Å². The van der Waals surface area contributed by atoms with Crippen LogP contribution in [0.25, 0.3) is 0 Å². The average Bonchev–Trinajstić information content (AvgIpc) is 2.67. The summed E-state index contributed by atoms with van der Waals surface area (Å²) in [5.41, 5.74) is 4.76. The predicted octanol–water partition coefficient (Wildman–Crippen LogP) is 3.25. The normalized spacial score (nSPS) is 9.81. The minimum Gasteiger partial charge on any atom is -0.363 e. The molecule has 1 aromatic heterocycles. The lowest BCUT2D eigenvalue weighted by Crippen LogP contribution is -1.92. The van der Waals surface area contributed by atoms with E-state index in [0.717, 1.165) is 22.6 Å². The van der Waals surface area contributed by atoms with Gasteiger partial charge in [-0.2, -0.15) is 5.26 Å². The molecule has 1 heterocycles. The summed E-state index contributed by atoms with van der Waals surface area (Å²) in [5.74, 6) is 0. The number of nitrogens with one attached hydrogen (secondary N) is 2. The molecular formula is C13H13N3. The Balaban J connectivity index is 2.30. The zero-order valence-corrected chi connectivity index (χ0v) is 9.33. The van der Waals surface area contributed by atoms with E-state index in [1.165, 1.54) is 0 Å². The molecule has 2 aromatic rings. The largest absolute Gasteiger partial charge is 0.363 e. The van der Waals surface area contributed by atoms with E-state index in [2.05, 4.69) is 16.4 Å². The Morgan fingerprint density at radius 1 is 1.25 bits per heavy atom. The number of aromatic amines is 1. The molecule has 2 rings (SSSR count). The van der Waals surface area contributed by atoms with Crippen LogP contribution in [0.5, 0.6) is 0 Å². The first-order valence-electron chi connectivity index (χ1n) is 5.12. The van der Waals surface area contributed by atoms with Gasteiger partial charge in [0.2, 0.25) is 0 Å². The topological polar surface area (TPSA) is 51.6 Å². The molecule has 0 amide bonds. The highest BCUT2D eigenvalue weighted by molar-refractivity contribution is 5.64. The second-order valence-electron chi connectivity index (χ2n) is 3.78. The number of nitrogens with zero attached hydrogens (tertiary/aromatic N) is 1. The summed E-state index contributed by atoms with van der Waals surface area (Å²) in [6.45, 7) is 3.94. The van der Waals surface area contributed by atoms with Crippen LogP contribution in [0.15, 0.2) is 30.5 Å². The van der Waals surface area contributed by atoms with Crippen molar-refractivity contribution >= 4 is 11.4 Å². The van der Waals surface area contributed by atoms with Crippen molar-refractivity contribution < 1.29 is 0 Å². The van der Waals surface area contributed by atoms with Crippen LogP contribution in [0.1, 0.15) is 16.8 Å². The van der Waals surface area contributed by atoms with Gasteiger partial charge in [-0.15, -0.1) is 0 Å². The molecule has 3 nitrogen and oxygen atoms in total. The van der Waals surface area contributed by atoms with Gasteiger partial charge in [-0.3, -0.25) is 0 Å². The van der Waals surface area contributed by atoms with Gasteiger partial charge in [0.1, 0.15) is 0 Å². The summed E-state index contributed by atoms with van der Waals surface area (Å²) in [5, 5.41) is 12.2. The maximum absolute atomic E-state index is 8.94. The first kappa shape index (κ1) is 10.3. The lowest BCUT2D eigenvalue weighted by molar-refractivity contribution is 1.26. The Kier molecular flexibility index (Phi) is 2.65. The van der Waals surface area contributed by atoms with Gasteiger partial charge in [0, 0.05) is 17.6 Å². The molecule has 0 atom stereocenters. The molecule has 1 aromatic carbocycles. The molecule has 0 saturated carbocycles. The molecule has 0 aliphatic heterocycles. The number of hydrogen-bond acceptors (Lipinski definition) is 2. The third kappa shape index (κ3) is 1.91. The molecule has 80 valence electrons. The van der Waals surface area contributed by atoms with E-state index in [-0.39, 0.29) is 0 Å². The van der Waals surface area contributed by atoms with Gasteiger partial charge in [0.15, 0.2) is 0 Å². The Morgan fingerprint density at radius 3 is 2.69 bits per heavy atom. The SMILES string of the molecule is Cc1ccc(Nc2cc[nH]c2C)cc1C#N. The second kappa shape index (κ2) is 4.11. The Morgan fingerprint density at radius 2 is 2.06 bits per heavy atom. The predicted molar refractivity (Wildman–Crippen MR) is 64.7 cm³/mol. The summed E-state index contributed by atoms with van der Waals surface area (Å²) in [6, 6.07) is 9.94. The third-order valence-corrected chi connectivity index (χ3v) is 2.59. The summed E-state index contributed by atoms with van der Waals surface area (Å²) < 4.78 is 0. The highest BCUT2D eigenvalue weighted by Gasteiger charge is 2.02. The van der Waals surface area contributed by atoms with Crippen molar-refractivity contribution in [2.24, 2.45) is 0 Å².